The van der Waals surface area contributed by atoms with Gasteiger partial charge < -0.3 is 10.1 Å². The van der Waals surface area contributed by atoms with E-state index in [4.69, 9.17) is 10.00 Å². The van der Waals surface area contributed by atoms with Gasteiger partial charge in [0.2, 0.25) is 5.91 Å². The summed E-state index contributed by atoms with van der Waals surface area (Å²) in [6.07, 6.45) is 1.56. The number of ether oxygens (including phenoxy) is 1. The van der Waals surface area contributed by atoms with Crippen LogP contribution in [0.15, 0.2) is 30.5 Å². The number of hydrogen-bond acceptors (Lipinski definition) is 4. The predicted molar refractivity (Wildman–Crippen MR) is 68.6 cm³/mol. The zero-order valence-corrected chi connectivity index (χ0v) is 10.3. The van der Waals surface area contributed by atoms with Crippen molar-refractivity contribution in [2.75, 3.05) is 12.4 Å². The number of anilines is 1. The lowest BCUT2D eigenvalue weighted by Gasteiger charge is -2.05. The van der Waals surface area contributed by atoms with E-state index in [-0.39, 0.29) is 12.3 Å². The molecule has 0 bridgehead atoms. The number of H-pyrrole nitrogens is 1. The van der Waals surface area contributed by atoms with Crippen molar-refractivity contribution in [3.05, 3.63) is 41.6 Å². The van der Waals surface area contributed by atoms with Gasteiger partial charge >= 0.3 is 0 Å². The Bertz CT molecular complexity index is 628. The van der Waals surface area contributed by atoms with Crippen molar-refractivity contribution in [2.45, 2.75) is 6.42 Å². The number of aromatic amines is 1. The molecule has 0 saturated heterocycles. The van der Waals surface area contributed by atoms with Gasteiger partial charge in [0.05, 0.1) is 19.7 Å². The summed E-state index contributed by atoms with van der Waals surface area (Å²) in [6, 6.07) is 9.19. The Hall–Kier alpha value is -2.81. The Kier molecular flexibility index (Phi) is 3.78. The van der Waals surface area contributed by atoms with Gasteiger partial charge in [0.25, 0.3) is 0 Å². The summed E-state index contributed by atoms with van der Waals surface area (Å²) in [5.41, 5.74) is 1.13. The van der Waals surface area contributed by atoms with Crippen LogP contribution in [0.3, 0.4) is 0 Å². The average molecular weight is 256 g/mol. The second-order valence-electron chi connectivity index (χ2n) is 3.85. The molecule has 1 heterocycles. The van der Waals surface area contributed by atoms with Gasteiger partial charge in [-0.25, -0.2) is 0 Å². The van der Waals surface area contributed by atoms with Crippen LogP contribution in [0.5, 0.6) is 5.75 Å². The SMILES string of the molecule is COc1cccc(CC(=O)Nc2[nH]ncc2C#N)c1. The lowest BCUT2D eigenvalue weighted by molar-refractivity contribution is -0.115. The molecule has 0 radical (unpaired) electrons. The van der Waals surface area contributed by atoms with Crippen molar-refractivity contribution in [3.8, 4) is 11.8 Å². The van der Waals surface area contributed by atoms with Gasteiger partial charge in [-0.2, -0.15) is 10.4 Å². The first-order valence-electron chi connectivity index (χ1n) is 5.59. The van der Waals surface area contributed by atoms with Crippen LogP contribution < -0.4 is 10.1 Å². The maximum absolute atomic E-state index is 11.8. The number of nitriles is 1. The monoisotopic (exact) mass is 256 g/mol. The van der Waals surface area contributed by atoms with Gasteiger partial charge in [0, 0.05) is 0 Å². The minimum absolute atomic E-state index is 0.196. The van der Waals surface area contributed by atoms with E-state index in [1.165, 1.54) is 6.20 Å². The summed E-state index contributed by atoms with van der Waals surface area (Å²) >= 11 is 0. The summed E-state index contributed by atoms with van der Waals surface area (Å²) in [5, 5.41) is 17.7. The lowest BCUT2D eigenvalue weighted by atomic mass is 10.1. The fourth-order valence-corrected chi connectivity index (χ4v) is 1.62. The van der Waals surface area contributed by atoms with Crippen molar-refractivity contribution in [1.29, 1.82) is 5.26 Å². The Morgan fingerprint density at radius 3 is 3.16 bits per heavy atom. The van der Waals surface area contributed by atoms with Crippen LogP contribution in [0.1, 0.15) is 11.1 Å². The standard InChI is InChI=1S/C13H12N4O2/c1-19-11-4-2-3-9(5-11)6-12(18)16-13-10(7-14)8-15-17-13/h2-5,8H,6H2,1H3,(H2,15,16,17,18). The minimum atomic E-state index is -0.228. The van der Waals surface area contributed by atoms with Crippen LogP contribution in [0.2, 0.25) is 0 Å². The van der Waals surface area contributed by atoms with E-state index < -0.39 is 0 Å². The summed E-state index contributed by atoms with van der Waals surface area (Å²) < 4.78 is 5.09. The number of methoxy groups -OCH3 is 1. The highest BCUT2D eigenvalue weighted by Crippen LogP contribution is 2.14. The first kappa shape index (κ1) is 12.6. The van der Waals surface area contributed by atoms with Crippen molar-refractivity contribution in [2.24, 2.45) is 0 Å². The molecular weight excluding hydrogens is 244 g/mol. The van der Waals surface area contributed by atoms with Crippen LogP contribution >= 0.6 is 0 Å². The fourth-order valence-electron chi connectivity index (χ4n) is 1.62. The molecular formula is C13H12N4O2. The molecule has 1 aromatic heterocycles. The number of nitrogens with zero attached hydrogens (tertiary/aromatic N) is 2. The molecule has 1 amide bonds. The zero-order chi connectivity index (χ0) is 13.7. The van der Waals surface area contributed by atoms with Crippen molar-refractivity contribution >= 4 is 11.7 Å². The molecule has 0 atom stereocenters. The van der Waals surface area contributed by atoms with Crippen molar-refractivity contribution < 1.29 is 9.53 Å². The highest BCUT2D eigenvalue weighted by Gasteiger charge is 2.09. The van der Waals surface area contributed by atoms with Gasteiger partial charge in [0.1, 0.15) is 23.2 Å². The highest BCUT2D eigenvalue weighted by molar-refractivity contribution is 5.92. The number of aromatic nitrogens is 2. The summed E-state index contributed by atoms with van der Waals surface area (Å²) in [4.78, 5) is 11.8. The second kappa shape index (κ2) is 5.69. The van der Waals surface area contributed by atoms with Gasteiger partial charge in [-0.1, -0.05) is 12.1 Å². The highest BCUT2D eigenvalue weighted by atomic mass is 16.5. The van der Waals surface area contributed by atoms with E-state index >= 15 is 0 Å². The third-order valence-electron chi connectivity index (χ3n) is 2.52. The third-order valence-corrected chi connectivity index (χ3v) is 2.52. The smallest absolute Gasteiger partial charge is 0.229 e. The molecule has 0 aliphatic rings. The quantitative estimate of drug-likeness (QED) is 0.866. The molecule has 0 saturated carbocycles. The molecule has 2 aromatic rings. The molecule has 6 heteroatoms. The molecule has 2 rings (SSSR count). The summed E-state index contributed by atoms with van der Waals surface area (Å²) in [6.45, 7) is 0. The van der Waals surface area contributed by atoms with E-state index in [1.54, 1.807) is 13.2 Å². The number of nitrogens with one attached hydrogen (secondary N) is 2. The topological polar surface area (TPSA) is 90.8 Å². The van der Waals surface area contributed by atoms with E-state index in [2.05, 4.69) is 15.5 Å². The van der Waals surface area contributed by atoms with Crippen LogP contribution in [0.4, 0.5) is 5.82 Å². The van der Waals surface area contributed by atoms with Crippen molar-refractivity contribution in [1.82, 2.24) is 10.2 Å². The molecule has 96 valence electrons. The third kappa shape index (κ3) is 3.10. The maximum atomic E-state index is 11.8. The normalized spacial score (nSPS) is 9.68. The van der Waals surface area contributed by atoms with Gasteiger partial charge in [0.15, 0.2) is 0 Å². The molecule has 0 spiro atoms. The first-order chi connectivity index (χ1) is 9.22. The zero-order valence-electron chi connectivity index (χ0n) is 10.3. The average Bonchev–Trinajstić information content (AvgIpc) is 2.86. The Labute approximate surface area is 110 Å². The van der Waals surface area contributed by atoms with Crippen molar-refractivity contribution in [3.63, 3.8) is 0 Å². The van der Waals surface area contributed by atoms with Crippen LogP contribution in [0.25, 0.3) is 0 Å². The van der Waals surface area contributed by atoms with Gasteiger partial charge in [-0.15, -0.1) is 0 Å². The molecule has 19 heavy (non-hydrogen) atoms. The number of carbonyl (C=O) groups is 1. The summed E-state index contributed by atoms with van der Waals surface area (Å²) in [7, 11) is 1.57. The molecule has 1 aromatic carbocycles. The van der Waals surface area contributed by atoms with E-state index in [0.29, 0.717) is 17.1 Å². The van der Waals surface area contributed by atoms with Gasteiger partial charge in [-0.3, -0.25) is 9.89 Å². The number of amides is 1. The van der Waals surface area contributed by atoms with Crippen LogP contribution in [0, 0.1) is 11.3 Å². The lowest BCUT2D eigenvalue weighted by Crippen LogP contribution is -2.15. The first-order valence-corrected chi connectivity index (χ1v) is 5.59. The number of benzene rings is 1. The number of rotatable bonds is 4. The van der Waals surface area contributed by atoms with Crippen LogP contribution in [-0.2, 0) is 11.2 Å². The molecule has 0 unspecified atom stereocenters. The molecule has 6 nitrogen and oxygen atoms in total. The Morgan fingerprint density at radius 1 is 1.58 bits per heavy atom. The fraction of sp³-hybridized carbons (Fsp3) is 0.154. The Morgan fingerprint density at radius 2 is 2.42 bits per heavy atom. The molecule has 0 aliphatic heterocycles. The van der Waals surface area contributed by atoms with Crippen LogP contribution in [-0.4, -0.2) is 23.2 Å². The van der Waals surface area contributed by atoms with Gasteiger partial charge in [-0.05, 0) is 17.7 Å². The molecule has 0 fully saturated rings. The number of hydrogen-bond donors (Lipinski definition) is 2. The van der Waals surface area contributed by atoms with E-state index in [1.807, 2.05) is 24.3 Å². The second-order valence-corrected chi connectivity index (χ2v) is 3.85. The van der Waals surface area contributed by atoms with E-state index in [0.717, 1.165) is 5.56 Å². The largest absolute Gasteiger partial charge is 0.497 e. The maximum Gasteiger partial charge on any atom is 0.229 e. The minimum Gasteiger partial charge on any atom is -0.497 e. The predicted octanol–water partition coefficient (Wildman–Crippen LogP) is 1.47. The molecule has 0 aliphatic carbocycles. The Balaban J connectivity index is 2.03. The summed E-state index contributed by atoms with van der Waals surface area (Å²) in [5.74, 6) is 0.786. The number of carbonyl (C=O) groups excluding carboxylic acids is 1. The molecule has 2 N–H and O–H groups in total. The van der Waals surface area contributed by atoms with E-state index in [9.17, 15) is 4.79 Å².